The van der Waals surface area contributed by atoms with E-state index in [9.17, 15) is 0 Å². The van der Waals surface area contributed by atoms with E-state index in [4.69, 9.17) is 19.0 Å². The van der Waals surface area contributed by atoms with Crippen LogP contribution in [0.15, 0.2) is 0 Å². The molecule has 0 aliphatic rings. The highest BCUT2D eigenvalue weighted by Gasteiger charge is 2.44. The Hall–Kier alpha value is 0.0169. The van der Waals surface area contributed by atoms with Crippen LogP contribution in [0.2, 0.25) is 16.6 Å². The molecule has 0 heterocycles. The van der Waals surface area contributed by atoms with Crippen molar-refractivity contribution in [2.75, 3.05) is 52.7 Å². The van der Waals surface area contributed by atoms with Gasteiger partial charge in [0.05, 0.1) is 33.0 Å². The minimum absolute atomic E-state index is 0.0650. The lowest BCUT2D eigenvalue weighted by molar-refractivity contribution is 0.0339. The van der Waals surface area contributed by atoms with E-state index in [0.29, 0.717) is 43.1 Å². The van der Waals surface area contributed by atoms with Crippen molar-refractivity contribution in [2.45, 2.75) is 58.2 Å². The van der Waals surface area contributed by atoms with Crippen molar-refractivity contribution < 1.29 is 19.0 Å². The molecule has 23 heavy (non-hydrogen) atoms. The summed E-state index contributed by atoms with van der Waals surface area (Å²) in [5.74, 6) is 0. The number of rotatable bonds is 15. The van der Waals surface area contributed by atoms with Gasteiger partial charge in [0.1, 0.15) is 0 Å². The summed E-state index contributed by atoms with van der Waals surface area (Å²) in [6, 6.07) is 0. The summed E-state index contributed by atoms with van der Waals surface area (Å²) in [6.07, 6.45) is 0. The summed E-state index contributed by atoms with van der Waals surface area (Å²) in [4.78, 5) is 0. The highest BCUT2D eigenvalue weighted by Crippen LogP contribution is 2.41. The first-order valence-corrected chi connectivity index (χ1v) is 11.1. The number of ether oxygens (including phenoxy) is 2. The molecule has 0 aromatic heterocycles. The molecule has 2 N–H and O–H groups in total. The predicted molar refractivity (Wildman–Crippen MR) is 98.6 cm³/mol. The largest absolute Gasteiger partial charge is 0.415 e. The van der Waals surface area contributed by atoms with E-state index in [-0.39, 0.29) is 6.61 Å². The third-order valence-electron chi connectivity index (χ3n) is 4.37. The van der Waals surface area contributed by atoms with E-state index in [0.717, 1.165) is 19.7 Å². The SMILES string of the molecule is CC(C)[Si](OCCNCCOCCOCCO)(C(C)C)C(C)C. The van der Waals surface area contributed by atoms with Crippen molar-refractivity contribution >= 4 is 8.32 Å². The van der Waals surface area contributed by atoms with Gasteiger partial charge >= 0.3 is 0 Å². The van der Waals surface area contributed by atoms with Crippen LogP contribution in [0.3, 0.4) is 0 Å². The summed E-state index contributed by atoms with van der Waals surface area (Å²) < 4.78 is 17.0. The summed E-state index contributed by atoms with van der Waals surface area (Å²) in [5, 5.41) is 11.9. The predicted octanol–water partition coefficient (Wildman–Crippen LogP) is 2.79. The Bertz CT molecular complexity index is 254. The highest BCUT2D eigenvalue weighted by atomic mass is 28.4. The zero-order chi connectivity index (χ0) is 17.7. The van der Waals surface area contributed by atoms with Crippen molar-refractivity contribution in [3.8, 4) is 0 Å². The molecular formula is C17H39NO4Si. The van der Waals surface area contributed by atoms with Gasteiger partial charge in [-0.1, -0.05) is 41.5 Å². The minimum atomic E-state index is -1.73. The van der Waals surface area contributed by atoms with Crippen LogP contribution in [0.25, 0.3) is 0 Å². The maximum Gasteiger partial charge on any atom is 0.200 e. The molecule has 0 spiro atoms. The van der Waals surface area contributed by atoms with Crippen LogP contribution < -0.4 is 5.32 Å². The van der Waals surface area contributed by atoms with Gasteiger partial charge in [-0.2, -0.15) is 0 Å². The van der Waals surface area contributed by atoms with E-state index in [1.54, 1.807) is 0 Å². The lowest BCUT2D eigenvalue weighted by Gasteiger charge is -2.42. The van der Waals surface area contributed by atoms with Gasteiger partial charge in [-0.25, -0.2) is 0 Å². The van der Waals surface area contributed by atoms with Crippen molar-refractivity contribution in [2.24, 2.45) is 0 Å². The lowest BCUT2D eigenvalue weighted by Crippen LogP contribution is -2.48. The van der Waals surface area contributed by atoms with Crippen LogP contribution in [0.1, 0.15) is 41.5 Å². The second kappa shape index (κ2) is 13.3. The Balaban J connectivity index is 3.80. The Morgan fingerprint density at radius 2 is 1.22 bits per heavy atom. The molecule has 0 saturated heterocycles. The monoisotopic (exact) mass is 349 g/mol. The zero-order valence-electron chi connectivity index (χ0n) is 16.1. The Labute approximate surface area is 144 Å². The normalized spacial score (nSPS) is 12.8. The average molecular weight is 350 g/mol. The van der Waals surface area contributed by atoms with Crippen molar-refractivity contribution in [1.29, 1.82) is 0 Å². The summed E-state index contributed by atoms with van der Waals surface area (Å²) in [7, 11) is -1.73. The second-order valence-electron chi connectivity index (χ2n) is 6.86. The van der Waals surface area contributed by atoms with E-state index in [1.165, 1.54) is 0 Å². The molecule has 0 amide bonds. The summed E-state index contributed by atoms with van der Waals surface area (Å²) in [5.41, 5.74) is 1.89. The topological polar surface area (TPSA) is 60.0 Å². The van der Waals surface area contributed by atoms with Crippen LogP contribution >= 0.6 is 0 Å². The van der Waals surface area contributed by atoms with Gasteiger partial charge in [0.25, 0.3) is 0 Å². The van der Waals surface area contributed by atoms with Gasteiger partial charge in [-0.15, -0.1) is 0 Å². The standard InChI is InChI=1S/C17H39NO4Si/c1-15(2)23(16(3)4,17(5)6)22-11-8-18-7-10-20-13-14-21-12-9-19/h15-19H,7-14H2,1-6H3. The molecule has 0 aromatic rings. The Morgan fingerprint density at radius 3 is 1.70 bits per heavy atom. The van der Waals surface area contributed by atoms with E-state index in [2.05, 4.69) is 46.9 Å². The first-order valence-electron chi connectivity index (χ1n) is 9.00. The number of hydrogen-bond donors (Lipinski definition) is 2. The van der Waals surface area contributed by atoms with Crippen molar-refractivity contribution in [1.82, 2.24) is 5.32 Å². The van der Waals surface area contributed by atoms with Gasteiger partial charge in [0.2, 0.25) is 0 Å². The number of aliphatic hydroxyl groups excluding tert-OH is 1. The third kappa shape index (κ3) is 8.61. The van der Waals surface area contributed by atoms with Crippen LogP contribution in [0.4, 0.5) is 0 Å². The average Bonchev–Trinajstić information content (AvgIpc) is 2.47. The van der Waals surface area contributed by atoms with Crippen molar-refractivity contribution in [3.63, 3.8) is 0 Å². The molecule has 5 nitrogen and oxygen atoms in total. The van der Waals surface area contributed by atoms with Crippen LogP contribution in [0, 0.1) is 0 Å². The molecule has 0 fully saturated rings. The molecule has 0 rings (SSSR count). The molecule has 0 aliphatic carbocycles. The molecule has 0 aliphatic heterocycles. The van der Waals surface area contributed by atoms with Gasteiger partial charge in [0, 0.05) is 19.7 Å². The van der Waals surface area contributed by atoms with Crippen LogP contribution in [-0.4, -0.2) is 66.2 Å². The first-order chi connectivity index (χ1) is 10.9. The van der Waals surface area contributed by atoms with Gasteiger partial charge in [-0.3, -0.25) is 0 Å². The van der Waals surface area contributed by atoms with Gasteiger partial charge in [0.15, 0.2) is 8.32 Å². The summed E-state index contributed by atoms with van der Waals surface area (Å²) in [6.45, 7) is 18.6. The fourth-order valence-electron chi connectivity index (χ4n) is 3.46. The Morgan fingerprint density at radius 1 is 0.739 bits per heavy atom. The smallest absolute Gasteiger partial charge is 0.200 e. The van der Waals surface area contributed by atoms with E-state index >= 15 is 0 Å². The summed E-state index contributed by atoms with van der Waals surface area (Å²) >= 11 is 0. The lowest BCUT2D eigenvalue weighted by atomic mass is 10.5. The molecule has 0 unspecified atom stereocenters. The fourth-order valence-corrected chi connectivity index (χ4v) is 8.91. The molecule has 0 bridgehead atoms. The molecule has 0 saturated carbocycles. The minimum Gasteiger partial charge on any atom is -0.415 e. The Kier molecular flexibility index (Phi) is 13.3. The molecule has 0 atom stereocenters. The van der Waals surface area contributed by atoms with Gasteiger partial charge < -0.3 is 24.3 Å². The molecule has 140 valence electrons. The van der Waals surface area contributed by atoms with E-state index in [1.807, 2.05) is 0 Å². The fraction of sp³-hybridized carbons (Fsp3) is 1.00. The first kappa shape index (κ1) is 23.0. The molecule has 0 radical (unpaired) electrons. The number of aliphatic hydroxyl groups is 1. The maximum absolute atomic E-state index is 8.56. The second-order valence-corrected chi connectivity index (χ2v) is 12.3. The maximum atomic E-state index is 8.56. The number of nitrogens with one attached hydrogen (secondary N) is 1. The van der Waals surface area contributed by atoms with Crippen molar-refractivity contribution in [3.05, 3.63) is 0 Å². The van der Waals surface area contributed by atoms with E-state index < -0.39 is 8.32 Å². The highest BCUT2D eigenvalue weighted by molar-refractivity contribution is 6.77. The van der Waals surface area contributed by atoms with Crippen LogP contribution in [0.5, 0.6) is 0 Å². The molecule has 6 heteroatoms. The molecule has 0 aromatic carbocycles. The number of hydrogen-bond acceptors (Lipinski definition) is 5. The molecular weight excluding hydrogens is 310 g/mol. The zero-order valence-corrected chi connectivity index (χ0v) is 17.1. The third-order valence-corrected chi connectivity index (χ3v) is 10.5. The van der Waals surface area contributed by atoms with Crippen LogP contribution in [-0.2, 0) is 13.9 Å². The van der Waals surface area contributed by atoms with Gasteiger partial charge in [-0.05, 0) is 16.6 Å². The quantitative estimate of drug-likeness (QED) is 0.352.